The molecule has 10 aromatic rings. The lowest BCUT2D eigenvalue weighted by Crippen LogP contribution is -2.25. The van der Waals surface area contributed by atoms with E-state index in [1.165, 1.54) is 99.3 Å². The highest BCUT2D eigenvalue weighted by Gasteiger charge is 2.54. The zero-order chi connectivity index (χ0) is 35.4. The lowest BCUT2D eigenvalue weighted by molar-refractivity contribution is 0.628. The Morgan fingerprint density at radius 2 is 0.778 bits per heavy atom. The fourth-order valence-corrected chi connectivity index (χ4v) is 9.96. The SMILES string of the molecule is c1ccc(-c2ccc(-c3c4ccccc4c(-c4ccc5c(c4)C4(c6ccccc6-5)c5ccccc5-c5oc6ccccc6c54)c4ccccc34)cc2)cc1. The van der Waals surface area contributed by atoms with Gasteiger partial charge in [-0.1, -0.05) is 182 Å². The van der Waals surface area contributed by atoms with Gasteiger partial charge in [0, 0.05) is 16.5 Å². The van der Waals surface area contributed by atoms with Gasteiger partial charge in [-0.25, -0.2) is 0 Å². The average Bonchev–Trinajstić information content (AvgIpc) is 3.87. The van der Waals surface area contributed by atoms with Gasteiger partial charge in [0.15, 0.2) is 0 Å². The lowest BCUT2D eigenvalue weighted by Gasteiger charge is -2.30. The zero-order valence-corrected chi connectivity index (χ0v) is 29.4. The van der Waals surface area contributed by atoms with Crippen LogP contribution in [0.3, 0.4) is 0 Å². The molecule has 250 valence electrons. The first kappa shape index (κ1) is 29.6. The van der Waals surface area contributed by atoms with E-state index in [1.54, 1.807) is 0 Å². The molecule has 2 aliphatic carbocycles. The van der Waals surface area contributed by atoms with Crippen molar-refractivity contribution in [2.24, 2.45) is 0 Å². The number of para-hydroxylation sites is 1. The highest BCUT2D eigenvalue weighted by molar-refractivity contribution is 6.21. The molecule has 1 aromatic heterocycles. The van der Waals surface area contributed by atoms with E-state index in [0.717, 1.165) is 11.3 Å². The van der Waals surface area contributed by atoms with E-state index in [2.05, 4.69) is 194 Å². The van der Waals surface area contributed by atoms with Gasteiger partial charge in [0.05, 0.1) is 5.41 Å². The van der Waals surface area contributed by atoms with Gasteiger partial charge < -0.3 is 4.42 Å². The quantitative estimate of drug-likeness (QED) is 0.169. The minimum Gasteiger partial charge on any atom is -0.456 e. The molecule has 12 rings (SSSR count). The van der Waals surface area contributed by atoms with Crippen molar-refractivity contribution in [2.75, 3.05) is 0 Å². The standard InChI is InChI=1S/C53H32O/c1-2-14-33(15-3-1)34-26-28-35(29-27-34)49-39-17-4-6-19-41(39)50(42-20-7-5-18-40(42)49)36-30-31-38-37-16-8-11-23-45(37)53(47(38)32-36)46-24-12-9-21-43(46)52-51(53)44-22-10-13-25-48(44)54-52/h1-32H. The molecule has 9 aromatic carbocycles. The first-order chi connectivity index (χ1) is 26.8. The number of fused-ring (bicyclic) bond motifs is 14. The van der Waals surface area contributed by atoms with Crippen LogP contribution in [-0.4, -0.2) is 0 Å². The van der Waals surface area contributed by atoms with Crippen molar-refractivity contribution in [1.29, 1.82) is 0 Å². The molecule has 2 aliphatic rings. The largest absolute Gasteiger partial charge is 0.456 e. The topological polar surface area (TPSA) is 13.1 Å². The summed E-state index contributed by atoms with van der Waals surface area (Å²) in [6, 6.07) is 71.4. The molecule has 0 saturated carbocycles. The van der Waals surface area contributed by atoms with Crippen molar-refractivity contribution in [3.05, 3.63) is 216 Å². The normalized spacial score (nSPS) is 15.1. The van der Waals surface area contributed by atoms with E-state index < -0.39 is 5.41 Å². The molecular weight excluding hydrogens is 653 g/mol. The second kappa shape index (κ2) is 11.0. The molecule has 0 aliphatic heterocycles. The summed E-state index contributed by atoms with van der Waals surface area (Å²) >= 11 is 0. The molecule has 0 radical (unpaired) electrons. The molecule has 0 fully saturated rings. The van der Waals surface area contributed by atoms with Crippen LogP contribution in [0.2, 0.25) is 0 Å². The number of benzene rings is 9. The third-order valence-corrected chi connectivity index (χ3v) is 12.1. The van der Waals surface area contributed by atoms with Crippen molar-refractivity contribution in [2.45, 2.75) is 5.41 Å². The van der Waals surface area contributed by atoms with E-state index in [0.29, 0.717) is 0 Å². The lowest BCUT2D eigenvalue weighted by atomic mass is 9.69. The fraction of sp³-hybridized carbons (Fsp3) is 0.0189. The van der Waals surface area contributed by atoms with Crippen molar-refractivity contribution < 1.29 is 4.42 Å². The zero-order valence-electron chi connectivity index (χ0n) is 29.4. The predicted molar refractivity (Wildman–Crippen MR) is 224 cm³/mol. The van der Waals surface area contributed by atoms with Crippen LogP contribution in [-0.2, 0) is 5.41 Å². The molecule has 54 heavy (non-hydrogen) atoms. The Bertz CT molecular complexity index is 3090. The molecule has 1 unspecified atom stereocenters. The molecule has 0 bridgehead atoms. The summed E-state index contributed by atoms with van der Waals surface area (Å²) < 4.78 is 6.77. The van der Waals surface area contributed by atoms with E-state index in [4.69, 9.17) is 4.42 Å². The number of furan rings is 1. The Hall–Kier alpha value is -6.96. The van der Waals surface area contributed by atoms with Crippen LogP contribution in [0.15, 0.2) is 199 Å². The van der Waals surface area contributed by atoms with Crippen LogP contribution in [0.5, 0.6) is 0 Å². The number of rotatable bonds is 3. The van der Waals surface area contributed by atoms with Gasteiger partial charge in [-0.05, 0) is 94.9 Å². The van der Waals surface area contributed by atoms with Crippen molar-refractivity contribution >= 4 is 32.5 Å². The highest BCUT2D eigenvalue weighted by atomic mass is 16.3. The highest BCUT2D eigenvalue weighted by Crippen LogP contribution is 2.65. The summed E-state index contributed by atoms with van der Waals surface area (Å²) in [5, 5.41) is 6.20. The molecule has 1 nitrogen and oxygen atoms in total. The monoisotopic (exact) mass is 684 g/mol. The maximum atomic E-state index is 6.77. The van der Waals surface area contributed by atoms with Crippen LogP contribution >= 0.6 is 0 Å². The first-order valence-electron chi connectivity index (χ1n) is 18.8. The Morgan fingerprint density at radius 1 is 0.315 bits per heavy atom. The third-order valence-electron chi connectivity index (χ3n) is 12.1. The number of hydrogen-bond acceptors (Lipinski definition) is 1. The Balaban J connectivity index is 1.14. The summed E-state index contributed by atoms with van der Waals surface area (Å²) in [4.78, 5) is 0. The Labute approximate surface area is 313 Å². The van der Waals surface area contributed by atoms with Crippen molar-refractivity contribution in [3.63, 3.8) is 0 Å². The third kappa shape index (κ3) is 3.83. The van der Waals surface area contributed by atoms with Crippen molar-refractivity contribution in [3.8, 4) is 55.8 Å². The van der Waals surface area contributed by atoms with E-state index in [9.17, 15) is 0 Å². The van der Waals surface area contributed by atoms with Gasteiger partial charge in [-0.3, -0.25) is 0 Å². The molecule has 0 amide bonds. The fourth-order valence-electron chi connectivity index (χ4n) is 9.96. The Morgan fingerprint density at radius 3 is 1.46 bits per heavy atom. The molecular formula is C53H32O. The van der Waals surface area contributed by atoms with Gasteiger partial charge >= 0.3 is 0 Å². The van der Waals surface area contributed by atoms with Gasteiger partial charge in [0.25, 0.3) is 0 Å². The van der Waals surface area contributed by atoms with Crippen LogP contribution in [0, 0.1) is 0 Å². The summed E-state index contributed by atoms with van der Waals surface area (Å²) in [6.07, 6.45) is 0. The summed E-state index contributed by atoms with van der Waals surface area (Å²) in [5.41, 5.74) is 16.8. The summed E-state index contributed by atoms with van der Waals surface area (Å²) in [5.74, 6) is 0.985. The predicted octanol–water partition coefficient (Wildman–Crippen LogP) is 14.1. The average molecular weight is 685 g/mol. The smallest absolute Gasteiger partial charge is 0.140 e. The van der Waals surface area contributed by atoms with E-state index >= 15 is 0 Å². The van der Waals surface area contributed by atoms with Crippen LogP contribution in [0.4, 0.5) is 0 Å². The van der Waals surface area contributed by atoms with E-state index in [1.807, 2.05) is 0 Å². The minimum absolute atomic E-state index is 0.507. The van der Waals surface area contributed by atoms with Gasteiger partial charge in [-0.2, -0.15) is 0 Å². The van der Waals surface area contributed by atoms with Gasteiger partial charge in [0.1, 0.15) is 11.3 Å². The molecule has 0 saturated heterocycles. The van der Waals surface area contributed by atoms with Crippen LogP contribution in [0.25, 0.3) is 88.3 Å². The Kier molecular flexibility index (Phi) is 6.04. The minimum atomic E-state index is -0.507. The molecule has 0 N–H and O–H groups in total. The van der Waals surface area contributed by atoms with Crippen LogP contribution < -0.4 is 0 Å². The second-order valence-electron chi connectivity index (χ2n) is 14.7. The molecule has 1 spiro atoms. The van der Waals surface area contributed by atoms with Gasteiger partial charge in [-0.15, -0.1) is 0 Å². The first-order valence-corrected chi connectivity index (χ1v) is 18.8. The number of hydrogen-bond donors (Lipinski definition) is 0. The summed E-state index contributed by atoms with van der Waals surface area (Å²) in [7, 11) is 0. The molecule has 1 heteroatoms. The maximum Gasteiger partial charge on any atom is 0.140 e. The van der Waals surface area contributed by atoms with Crippen molar-refractivity contribution in [1.82, 2.24) is 0 Å². The van der Waals surface area contributed by atoms with Gasteiger partial charge in [0.2, 0.25) is 0 Å². The van der Waals surface area contributed by atoms with Crippen LogP contribution in [0.1, 0.15) is 22.3 Å². The molecule has 1 atom stereocenters. The second-order valence-corrected chi connectivity index (χ2v) is 14.7. The summed E-state index contributed by atoms with van der Waals surface area (Å²) in [6.45, 7) is 0. The maximum absolute atomic E-state index is 6.77. The molecule has 1 heterocycles. The van der Waals surface area contributed by atoms with E-state index in [-0.39, 0.29) is 0 Å².